The van der Waals surface area contributed by atoms with Crippen LogP contribution in [0.2, 0.25) is 5.02 Å². The van der Waals surface area contributed by atoms with Crippen molar-refractivity contribution >= 4 is 34.8 Å². The van der Waals surface area contributed by atoms with Crippen LogP contribution in [0.25, 0.3) is 0 Å². The molecular formula is C31H40ClN3O3S. The van der Waals surface area contributed by atoms with Gasteiger partial charge in [-0.15, -0.1) is 11.3 Å². The van der Waals surface area contributed by atoms with Crippen LogP contribution in [-0.4, -0.2) is 52.4 Å². The van der Waals surface area contributed by atoms with Crippen molar-refractivity contribution in [3.63, 3.8) is 0 Å². The van der Waals surface area contributed by atoms with Crippen molar-refractivity contribution in [3.8, 4) is 5.75 Å². The number of hydrogen-bond donors (Lipinski definition) is 1. The van der Waals surface area contributed by atoms with E-state index in [0.29, 0.717) is 31.4 Å². The fraction of sp³-hybridized carbons (Fsp3) is 0.613. The Morgan fingerprint density at radius 3 is 2.46 bits per heavy atom. The molecule has 2 saturated carbocycles. The lowest BCUT2D eigenvalue weighted by molar-refractivity contribution is -0.162. The summed E-state index contributed by atoms with van der Waals surface area (Å²) in [6.45, 7) is 2.72. The van der Waals surface area contributed by atoms with Crippen LogP contribution in [0.1, 0.15) is 81.1 Å². The third-order valence-electron chi connectivity index (χ3n) is 9.45. The fourth-order valence-electron chi connectivity index (χ4n) is 6.81. The maximum absolute atomic E-state index is 14.0. The highest BCUT2D eigenvalue weighted by molar-refractivity contribution is 7.09. The Hall–Kier alpha value is -2.09. The number of carbonyl (C=O) groups is 2. The Labute approximate surface area is 241 Å². The second kappa shape index (κ2) is 11.8. The van der Waals surface area contributed by atoms with E-state index in [4.69, 9.17) is 16.3 Å². The molecule has 210 valence electrons. The van der Waals surface area contributed by atoms with Gasteiger partial charge in [0.05, 0.1) is 12.6 Å². The van der Waals surface area contributed by atoms with Crippen LogP contribution >= 0.6 is 22.9 Å². The molecule has 4 fully saturated rings. The number of nitrogens with zero attached hydrogens (tertiary/aromatic N) is 2. The summed E-state index contributed by atoms with van der Waals surface area (Å²) in [7, 11) is 0. The zero-order chi connectivity index (χ0) is 26.8. The highest BCUT2D eigenvalue weighted by Gasteiger charge is 2.53. The van der Waals surface area contributed by atoms with Gasteiger partial charge in [-0.3, -0.25) is 14.5 Å². The standard InChI is InChI=1S/C31H40ClN3O3S/c32-27-19-25(38-24-8-4-9-24)12-11-23(27)20-34-15-13-31(14-16-34)30(37)33-28(18-22-6-2-1-3-7-22)29(36)35(31)21-26-10-5-17-39-26/h5,10-12,17,19,22,24,28H,1-4,6-9,13-16,18,20-21H2,(H,33,37). The van der Waals surface area contributed by atoms with Gasteiger partial charge in [0.15, 0.2) is 0 Å². The number of carbonyl (C=O) groups excluding carboxylic acids is 2. The smallest absolute Gasteiger partial charge is 0.246 e. The Morgan fingerprint density at radius 2 is 1.79 bits per heavy atom. The van der Waals surface area contributed by atoms with E-state index in [9.17, 15) is 9.59 Å². The average molecular weight is 570 g/mol. The zero-order valence-electron chi connectivity index (χ0n) is 22.7. The van der Waals surface area contributed by atoms with Crippen molar-refractivity contribution in [2.45, 2.75) is 101 Å². The molecule has 1 N–H and O–H groups in total. The number of benzene rings is 1. The first-order valence-electron chi connectivity index (χ1n) is 14.8. The van der Waals surface area contributed by atoms with Crippen LogP contribution in [-0.2, 0) is 22.7 Å². The van der Waals surface area contributed by atoms with Gasteiger partial charge in [-0.05, 0) is 73.6 Å². The van der Waals surface area contributed by atoms with Crippen LogP contribution in [0.15, 0.2) is 35.7 Å². The zero-order valence-corrected chi connectivity index (χ0v) is 24.3. The summed E-state index contributed by atoms with van der Waals surface area (Å²) >= 11 is 8.31. The Kier molecular flexibility index (Phi) is 8.20. The molecule has 0 radical (unpaired) electrons. The summed E-state index contributed by atoms with van der Waals surface area (Å²) in [5, 5.41) is 5.98. The lowest BCUT2D eigenvalue weighted by atomic mass is 9.79. The summed E-state index contributed by atoms with van der Waals surface area (Å²) < 4.78 is 6.01. The monoisotopic (exact) mass is 569 g/mol. The summed E-state index contributed by atoms with van der Waals surface area (Å²) in [6.07, 6.45) is 11.9. The van der Waals surface area contributed by atoms with Gasteiger partial charge >= 0.3 is 0 Å². The molecule has 2 aliphatic heterocycles. The molecule has 3 heterocycles. The Balaban J connectivity index is 1.14. The molecule has 6 nitrogen and oxygen atoms in total. The molecule has 39 heavy (non-hydrogen) atoms. The quantitative estimate of drug-likeness (QED) is 0.413. The third-order valence-corrected chi connectivity index (χ3v) is 10.7. The van der Waals surface area contributed by atoms with E-state index >= 15 is 0 Å². The van der Waals surface area contributed by atoms with Crippen LogP contribution < -0.4 is 10.1 Å². The molecule has 1 aromatic carbocycles. The van der Waals surface area contributed by atoms with Crippen LogP contribution in [0.4, 0.5) is 0 Å². The van der Waals surface area contributed by atoms with Gasteiger partial charge in [-0.25, -0.2) is 0 Å². The number of hydrogen-bond acceptors (Lipinski definition) is 5. The van der Waals surface area contributed by atoms with Gasteiger partial charge in [-0.1, -0.05) is 55.8 Å². The average Bonchev–Trinajstić information content (AvgIpc) is 3.44. The number of halogens is 1. The van der Waals surface area contributed by atoms with Crippen molar-refractivity contribution in [2.24, 2.45) is 5.92 Å². The Morgan fingerprint density at radius 1 is 1.00 bits per heavy atom. The third kappa shape index (κ3) is 5.86. The Bertz CT molecular complexity index is 1150. The minimum Gasteiger partial charge on any atom is -0.490 e. The molecular weight excluding hydrogens is 530 g/mol. The predicted octanol–water partition coefficient (Wildman–Crippen LogP) is 6.17. The SMILES string of the molecule is O=C1C(CC2CCCCC2)NC(=O)C2(CCN(Cc3ccc(OC4CCC4)cc3Cl)CC2)N1Cc1cccs1. The first kappa shape index (κ1) is 27.1. The molecule has 4 aliphatic rings. The van der Waals surface area contributed by atoms with Crippen LogP contribution in [0.5, 0.6) is 5.75 Å². The van der Waals surface area contributed by atoms with E-state index in [1.165, 1.54) is 38.5 Å². The highest BCUT2D eigenvalue weighted by Crippen LogP contribution is 2.38. The molecule has 1 atom stereocenters. The molecule has 2 saturated heterocycles. The van der Waals surface area contributed by atoms with Crippen molar-refractivity contribution in [3.05, 3.63) is 51.2 Å². The summed E-state index contributed by atoms with van der Waals surface area (Å²) in [5.41, 5.74) is 0.283. The number of rotatable bonds is 8. The van der Waals surface area contributed by atoms with Crippen molar-refractivity contribution in [1.29, 1.82) is 0 Å². The molecule has 8 heteroatoms. The molecule has 2 aromatic rings. The number of likely N-dealkylation sites (tertiary alicyclic amines) is 1. The van der Waals surface area contributed by atoms with Crippen molar-refractivity contribution in [2.75, 3.05) is 13.1 Å². The predicted molar refractivity (Wildman–Crippen MR) is 155 cm³/mol. The summed E-state index contributed by atoms with van der Waals surface area (Å²) in [6, 6.07) is 9.72. The van der Waals surface area contributed by atoms with E-state index in [-0.39, 0.29) is 11.8 Å². The fourth-order valence-corrected chi connectivity index (χ4v) is 7.73. The topological polar surface area (TPSA) is 61.9 Å². The van der Waals surface area contributed by atoms with E-state index in [2.05, 4.69) is 22.3 Å². The summed E-state index contributed by atoms with van der Waals surface area (Å²) in [5.74, 6) is 1.51. The lowest BCUT2D eigenvalue weighted by Gasteiger charge is -2.52. The van der Waals surface area contributed by atoms with E-state index < -0.39 is 11.6 Å². The molecule has 1 aromatic heterocycles. The van der Waals surface area contributed by atoms with Gasteiger partial charge in [0.25, 0.3) is 0 Å². The van der Waals surface area contributed by atoms with E-state index in [0.717, 1.165) is 60.1 Å². The first-order valence-corrected chi connectivity index (χ1v) is 16.1. The maximum Gasteiger partial charge on any atom is 0.246 e. The van der Waals surface area contributed by atoms with Gasteiger partial charge in [-0.2, -0.15) is 0 Å². The van der Waals surface area contributed by atoms with Gasteiger partial charge in [0.2, 0.25) is 11.8 Å². The van der Waals surface area contributed by atoms with Crippen LogP contribution in [0, 0.1) is 5.92 Å². The lowest BCUT2D eigenvalue weighted by Crippen LogP contribution is -2.72. The van der Waals surface area contributed by atoms with Gasteiger partial charge in [0.1, 0.15) is 17.3 Å². The van der Waals surface area contributed by atoms with Gasteiger partial charge < -0.3 is 15.0 Å². The van der Waals surface area contributed by atoms with Crippen molar-refractivity contribution in [1.82, 2.24) is 15.1 Å². The van der Waals surface area contributed by atoms with E-state index in [1.807, 2.05) is 28.5 Å². The normalized spacial score (nSPS) is 24.5. The molecule has 6 rings (SSSR count). The number of piperazine rings is 1. The summed E-state index contributed by atoms with van der Waals surface area (Å²) in [4.78, 5) is 33.2. The molecule has 1 unspecified atom stereocenters. The minimum absolute atomic E-state index is 0.0367. The number of thiophene rings is 1. The minimum atomic E-state index is -0.787. The number of amides is 2. The van der Waals surface area contributed by atoms with Crippen molar-refractivity contribution < 1.29 is 14.3 Å². The van der Waals surface area contributed by atoms with Gasteiger partial charge in [0, 0.05) is 29.5 Å². The largest absolute Gasteiger partial charge is 0.490 e. The first-order chi connectivity index (χ1) is 19.0. The van der Waals surface area contributed by atoms with E-state index in [1.54, 1.807) is 11.3 Å². The maximum atomic E-state index is 14.0. The second-order valence-electron chi connectivity index (χ2n) is 12.0. The highest BCUT2D eigenvalue weighted by atomic mass is 35.5. The molecule has 1 spiro atoms. The molecule has 0 bridgehead atoms. The number of nitrogens with one attached hydrogen (secondary N) is 1. The molecule has 2 aliphatic carbocycles. The molecule has 2 amide bonds. The number of piperidine rings is 1. The number of ether oxygens (including phenoxy) is 1. The second-order valence-corrected chi connectivity index (χ2v) is 13.4. The van der Waals surface area contributed by atoms with Crippen LogP contribution in [0.3, 0.4) is 0 Å².